The SMILES string of the molecule is CC[C@H](Oc1ccccc1F)C(=O)N[C@H](C)COC. The van der Waals surface area contributed by atoms with Gasteiger partial charge in [-0.1, -0.05) is 19.1 Å². The van der Waals surface area contributed by atoms with Crippen molar-refractivity contribution in [3.8, 4) is 5.75 Å². The predicted octanol–water partition coefficient (Wildman–Crippen LogP) is 2.13. The van der Waals surface area contributed by atoms with Crippen molar-refractivity contribution in [3.05, 3.63) is 30.1 Å². The predicted molar refractivity (Wildman–Crippen MR) is 70.6 cm³/mol. The summed E-state index contributed by atoms with van der Waals surface area (Å²) in [6.45, 7) is 4.06. The highest BCUT2D eigenvalue weighted by Gasteiger charge is 2.21. The molecule has 106 valence electrons. The molecule has 0 saturated heterocycles. The second-order valence-corrected chi connectivity index (χ2v) is 4.31. The molecule has 19 heavy (non-hydrogen) atoms. The van der Waals surface area contributed by atoms with Crippen molar-refractivity contribution >= 4 is 5.91 Å². The van der Waals surface area contributed by atoms with Gasteiger partial charge in [0.05, 0.1) is 6.61 Å². The summed E-state index contributed by atoms with van der Waals surface area (Å²) in [7, 11) is 1.57. The lowest BCUT2D eigenvalue weighted by molar-refractivity contribution is -0.129. The van der Waals surface area contributed by atoms with E-state index in [1.54, 1.807) is 19.2 Å². The highest BCUT2D eigenvalue weighted by Crippen LogP contribution is 2.18. The van der Waals surface area contributed by atoms with E-state index in [9.17, 15) is 9.18 Å². The second-order valence-electron chi connectivity index (χ2n) is 4.31. The third-order valence-corrected chi connectivity index (χ3v) is 2.57. The molecule has 1 aromatic carbocycles. The number of carbonyl (C=O) groups excluding carboxylic acids is 1. The van der Waals surface area contributed by atoms with Crippen LogP contribution in [0.15, 0.2) is 24.3 Å². The third kappa shape index (κ3) is 4.87. The summed E-state index contributed by atoms with van der Waals surface area (Å²) in [4.78, 5) is 12.0. The molecule has 0 spiro atoms. The number of ether oxygens (including phenoxy) is 2. The fourth-order valence-corrected chi connectivity index (χ4v) is 1.64. The molecule has 5 heteroatoms. The Morgan fingerprint density at radius 1 is 1.42 bits per heavy atom. The Bertz CT molecular complexity index is 411. The molecule has 0 aliphatic rings. The molecule has 1 N–H and O–H groups in total. The lowest BCUT2D eigenvalue weighted by Crippen LogP contribution is -2.44. The first-order valence-electron chi connectivity index (χ1n) is 6.29. The Morgan fingerprint density at radius 2 is 2.11 bits per heavy atom. The monoisotopic (exact) mass is 269 g/mol. The highest BCUT2D eigenvalue weighted by atomic mass is 19.1. The zero-order valence-corrected chi connectivity index (χ0v) is 11.5. The van der Waals surface area contributed by atoms with Gasteiger partial charge in [0.15, 0.2) is 17.7 Å². The van der Waals surface area contributed by atoms with E-state index in [-0.39, 0.29) is 17.7 Å². The molecule has 4 nitrogen and oxygen atoms in total. The van der Waals surface area contributed by atoms with Gasteiger partial charge in [0.25, 0.3) is 5.91 Å². The molecule has 0 radical (unpaired) electrons. The summed E-state index contributed by atoms with van der Waals surface area (Å²) in [5.41, 5.74) is 0. The molecule has 2 atom stereocenters. The van der Waals surface area contributed by atoms with Crippen LogP contribution in [0.2, 0.25) is 0 Å². The van der Waals surface area contributed by atoms with Crippen LogP contribution in [0.4, 0.5) is 4.39 Å². The van der Waals surface area contributed by atoms with Gasteiger partial charge < -0.3 is 14.8 Å². The fraction of sp³-hybridized carbons (Fsp3) is 0.500. The molecule has 0 saturated carbocycles. The smallest absolute Gasteiger partial charge is 0.261 e. The first-order valence-corrected chi connectivity index (χ1v) is 6.29. The minimum absolute atomic E-state index is 0.0869. The van der Waals surface area contributed by atoms with Crippen LogP contribution in [0.5, 0.6) is 5.75 Å². The number of hydrogen-bond acceptors (Lipinski definition) is 3. The molecule has 0 aliphatic heterocycles. The Balaban J connectivity index is 2.63. The first-order chi connectivity index (χ1) is 9.08. The van der Waals surface area contributed by atoms with Gasteiger partial charge >= 0.3 is 0 Å². The average molecular weight is 269 g/mol. The number of hydrogen-bond donors (Lipinski definition) is 1. The summed E-state index contributed by atoms with van der Waals surface area (Å²) >= 11 is 0. The van der Waals surface area contributed by atoms with Crippen molar-refractivity contribution in [3.63, 3.8) is 0 Å². The van der Waals surface area contributed by atoms with E-state index in [4.69, 9.17) is 9.47 Å². The zero-order chi connectivity index (χ0) is 14.3. The van der Waals surface area contributed by atoms with Crippen LogP contribution in [0.25, 0.3) is 0 Å². The topological polar surface area (TPSA) is 47.6 Å². The molecule has 1 aromatic rings. The van der Waals surface area contributed by atoms with Crippen LogP contribution in [-0.2, 0) is 9.53 Å². The van der Waals surface area contributed by atoms with Crippen molar-refractivity contribution in [1.29, 1.82) is 0 Å². The number of methoxy groups -OCH3 is 1. The van der Waals surface area contributed by atoms with E-state index in [2.05, 4.69) is 5.32 Å². The summed E-state index contributed by atoms with van der Waals surface area (Å²) in [6, 6.07) is 5.92. The molecule has 1 amide bonds. The van der Waals surface area contributed by atoms with Gasteiger partial charge in [0, 0.05) is 13.2 Å². The first kappa shape index (κ1) is 15.4. The minimum atomic E-state index is -0.712. The molecule has 0 fully saturated rings. The number of rotatable bonds is 7. The van der Waals surface area contributed by atoms with Crippen LogP contribution < -0.4 is 10.1 Å². The van der Waals surface area contributed by atoms with Crippen molar-refractivity contribution < 1.29 is 18.7 Å². The maximum absolute atomic E-state index is 13.5. The van der Waals surface area contributed by atoms with E-state index in [0.717, 1.165) is 0 Å². The molecule has 1 rings (SSSR count). The fourth-order valence-electron chi connectivity index (χ4n) is 1.64. The maximum Gasteiger partial charge on any atom is 0.261 e. The number of nitrogens with one attached hydrogen (secondary N) is 1. The van der Waals surface area contributed by atoms with Crippen LogP contribution in [0, 0.1) is 5.82 Å². The molecular formula is C14H20FNO3. The second kappa shape index (κ2) is 7.74. The molecule has 0 heterocycles. The standard InChI is InChI=1S/C14H20FNO3/c1-4-12(14(17)16-10(2)9-18-3)19-13-8-6-5-7-11(13)15/h5-8,10,12H,4,9H2,1-3H3,(H,16,17)/t10-,12+/m1/s1. The van der Waals surface area contributed by atoms with Gasteiger partial charge in [-0.2, -0.15) is 0 Å². The summed E-state index contributed by atoms with van der Waals surface area (Å²) in [5.74, 6) is -0.655. The Morgan fingerprint density at radius 3 is 2.68 bits per heavy atom. The minimum Gasteiger partial charge on any atom is -0.478 e. The molecular weight excluding hydrogens is 249 g/mol. The number of para-hydroxylation sites is 1. The average Bonchev–Trinajstić information content (AvgIpc) is 2.37. The Labute approximate surface area is 112 Å². The Hall–Kier alpha value is -1.62. The Kier molecular flexibility index (Phi) is 6.29. The number of amides is 1. The number of benzene rings is 1. The molecule has 0 aromatic heterocycles. The van der Waals surface area contributed by atoms with Crippen molar-refractivity contribution in [1.82, 2.24) is 5.32 Å². The van der Waals surface area contributed by atoms with E-state index >= 15 is 0 Å². The highest BCUT2D eigenvalue weighted by molar-refractivity contribution is 5.81. The normalized spacial score (nSPS) is 13.7. The maximum atomic E-state index is 13.5. The van der Waals surface area contributed by atoms with Crippen LogP contribution in [-0.4, -0.2) is 31.8 Å². The summed E-state index contributed by atoms with van der Waals surface area (Å²) in [5, 5.41) is 2.76. The lowest BCUT2D eigenvalue weighted by Gasteiger charge is -2.20. The quantitative estimate of drug-likeness (QED) is 0.825. The van der Waals surface area contributed by atoms with Gasteiger partial charge in [-0.3, -0.25) is 4.79 Å². The lowest BCUT2D eigenvalue weighted by atomic mass is 10.2. The van der Waals surface area contributed by atoms with E-state index in [0.29, 0.717) is 13.0 Å². The summed E-state index contributed by atoms with van der Waals surface area (Å²) in [6.07, 6.45) is -0.254. The third-order valence-electron chi connectivity index (χ3n) is 2.57. The van der Waals surface area contributed by atoms with Crippen molar-refractivity contribution in [2.24, 2.45) is 0 Å². The van der Waals surface area contributed by atoms with Crippen LogP contribution >= 0.6 is 0 Å². The largest absolute Gasteiger partial charge is 0.478 e. The number of carbonyl (C=O) groups is 1. The van der Waals surface area contributed by atoms with Gasteiger partial charge in [0.2, 0.25) is 0 Å². The van der Waals surface area contributed by atoms with Crippen molar-refractivity contribution in [2.75, 3.05) is 13.7 Å². The van der Waals surface area contributed by atoms with Gasteiger partial charge in [-0.25, -0.2) is 4.39 Å². The van der Waals surface area contributed by atoms with E-state index in [1.165, 1.54) is 12.1 Å². The van der Waals surface area contributed by atoms with E-state index in [1.807, 2.05) is 13.8 Å². The van der Waals surface area contributed by atoms with Gasteiger partial charge in [-0.05, 0) is 25.5 Å². The van der Waals surface area contributed by atoms with E-state index < -0.39 is 11.9 Å². The molecule has 0 unspecified atom stereocenters. The van der Waals surface area contributed by atoms with Gasteiger partial charge in [0.1, 0.15) is 0 Å². The van der Waals surface area contributed by atoms with Crippen LogP contribution in [0.1, 0.15) is 20.3 Å². The number of halogens is 1. The van der Waals surface area contributed by atoms with Gasteiger partial charge in [-0.15, -0.1) is 0 Å². The molecule has 0 aliphatic carbocycles. The van der Waals surface area contributed by atoms with Crippen molar-refractivity contribution in [2.45, 2.75) is 32.4 Å². The molecule has 0 bridgehead atoms. The van der Waals surface area contributed by atoms with Crippen LogP contribution in [0.3, 0.4) is 0 Å². The zero-order valence-electron chi connectivity index (χ0n) is 11.5. The summed E-state index contributed by atoms with van der Waals surface area (Å²) < 4.78 is 23.8.